The van der Waals surface area contributed by atoms with E-state index in [4.69, 9.17) is 5.21 Å². The maximum absolute atomic E-state index is 11.3. The minimum atomic E-state index is -0.492. The topological polar surface area (TPSA) is 62.2 Å². The monoisotopic (exact) mass is 292 g/mol. The lowest BCUT2D eigenvalue weighted by Crippen LogP contribution is -2.18. The van der Waals surface area contributed by atoms with Crippen molar-refractivity contribution in [1.29, 1.82) is 0 Å². The van der Waals surface area contributed by atoms with Crippen molar-refractivity contribution in [2.45, 2.75) is 12.8 Å². The summed E-state index contributed by atoms with van der Waals surface area (Å²) in [4.78, 5) is 15.6. The summed E-state index contributed by atoms with van der Waals surface area (Å²) in [6.45, 7) is 0. The molecule has 0 bridgehead atoms. The SMILES string of the molecule is O=C(NO)c1ccc(CCc2ccc3ncccc3c2)cc1. The molecule has 2 N–H and O–H groups in total. The maximum Gasteiger partial charge on any atom is 0.274 e. The summed E-state index contributed by atoms with van der Waals surface area (Å²) >= 11 is 0. The maximum atomic E-state index is 11.3. The molecule has 4 nitrogen and oxygen atoms in total. The molecule has 0 aliphatic heterocycles. The lowest BCUT2D eigenvalue weighted by molar-refractivity contribution is 0.0706. The van der Waals surface area contributed by atoms with Crippen molar-refractivity contribution in [2.75, 3.05) is 0 Å². The van der Waals surface area contributed by atoms with E-state index in [-0.39, 0.29) is 0 Å². The van der Waals surface area contributed by atoms with Gasteiger partial charge in [-0.05, 0) is 54.3 Å². The lowest BCUT2D eigenvalue weighted by Gasteiger charge is -2.05. The van der Waals surface area contributed by atoms with Crippen molar-refractivity contribution in [3.63, 3.8) is 0 Å². The molecule has 22 heavy (non-hydrogen) atoms. The Morgan fingerprint density at radius 1 is 1.00 bits per heavy atom. The Balaban J connectivity index is 1.69. The molecule has 0 spiro atoms. The number of benzene rings is 2. The van der Waals surface area contributed by atoms with Gasteiger partial charge in [0.1, 0.15) is 0 Å². The van der Waals surface area contributed by atoms with Crippen LogP contribution in [0, 0.1) is 0 Å². The van der Waals surface area contributed by atoms with Gasteiger partial charge in [-0.3, -0.25) is 15.0 Å². The van der Waals surface area contributed by atoms with Crippen molar-refractivity contribution in [3.05, 3.63) is 77.5 Å². The zero-order valence-corrected chi connectivity index (χ0v) is 12.0. The molecule has 0 saturated heterocycles. The molecule has 0 aliphatic rings. The van der Waals surface area contributed by atoms with Crippen LogP contribution in [0.4, 0.5) is 0 Å². The van der Waals surface area contributed by atoms with E-state index in [1.165, 1.54) is 5.56 Å². The van der Waals surface area contributed by atoms with Gasteiger partial charge >= 0.3 is 0 Å². The molecule has 3 aromatic rings. The number of hydroxylamine groups is 1. The largest absolute Gasteiger partial charge is 0.288 e. The van der Waals surface area contributed by atoms with Crippen LogP contribution in [0.2, 0.25) is 0 Å². The van der Waals surface area contributed by atoms with Crippen LogP contribution >= 0.6 is 0 Å². The highest BCUT2D eigenvalue weighted by molar-refractivity contribution is 5.93. The molecular weight excluding hydrogens is 276 g/mol. The molecule has 0 saturated carbocycles. The molecule has 1 aromatic heterocycles. The number of amides is 1. The van der Waals surface area contributed by atoms with Gasteiger partial charge in [-0.2, -0.15) is 0 Å². The van der Waals surface area contributed by atoms with Crippen molar-refractivity contribution in [3.8, 4) is 0 Å². The van der Waals surface area contributed by atoms with Gasteiger partial charge in [-0.1, -0.05) is 24.3 Å². The Kier molecular flexibility index (Phi) is 4.12. The standard InChI is InChI=1S/C18H16N2O2/c21-18(20-22)15-8-5-13(6-9-15)3-4-14-7-10-17-16(12-14)2-1-11-19-17/h1-2,5-12,22H,3-4H2,(H,20,21). The number of aryl methyl sites for hydroxylation is 2. The van der Waals surface area contributed by atoms with E-state index < -0.39 is 5.91 Å². The predicted octanol–water partition coefficient (Wildman–Crippen LogP) is 3.14. The van der Waals surface area contributed by atoms with E-state index in [9.17, 15) is 4.79 Å². The first kappa shape index (κ1) is 14.2. The fourth-order valence-corrected chi connectivity index (χ4v) is 2.46. The normalized spacial score (nSPS) is 10.6. The van der Waals surface area contributed by atoms with Crippen LogP contribution in [0.15, 0.2) is 60.8 Å². The molecular formula is C18H16N2O2. The number of nitrogens with zero attached hydrogens (tertiary/aromatic N) is 1. The molecule has 110 valence electrons. The smallest absolute Gasteiger partial charge is 0.274 e. The van der Waals surface area contributed by atoms with Gasteiger partial charge < -0.3 is 0 Å². The first-order valence-electron chi connectivity index (χ1n) is 7.13. The van der Waals surface area contributed by atoms with E-state index in [0.29, 0.717) is 5.56 Å². The molecule has 4 heteroatoms. The van der Waals surface area contributed by atoms with Crippen LogP contribution in [-0.4, -0.2) is 16.1 Å². The zero-order chi connectivity index (χ0) is 15.4. The number of carbonyl (C=O) groups is 1. The highest BCUT2D eigenvalue weighted by Crippen LogP contribution is 2.15. The van der Waals surface area contributed by atoms with E-state index in [2.05, 4.69) is 23.2 Å². The van der Waals surface area contributed by atoms with Crippen LogP contribution < -0.4 is 5.48 Å². The highest BCUT2D eigenvalue weighted by atomic mass is 16.5. The number of rotatable bonds is 4. The molecule has 0 radical (unpaired) electrons. The van der Waals surface area contributed by atoms with E-state index in [1.807, 2.05) is 24.3 Å². The summed E-state index contributed by atoms with van der Waals surface area (Å²) in [5, 5.41) is 9.74. The van der Waals surface area contributed by atoms with Gasteiger partial charge in [0.15, 0.2) is 0 Å². The molecule has 0 fully saturated rings. The van der Waals surface area contributed by atoms with Crippen LogP contribution in [0.25, 0.3) is 10.9 Å². The lowest BCUT2D eigenvalue weighted by atomic mass is 10.0. The Morgan fingerprint density at radius 2 is 1.73 bits per heavy atom. The van der Waals surface area contributed by atoms with Gasteiger partial charge in [-0.15, -0.1) is 0 Å². The number of fused-ring (bicyclic) bond motifs is 1. The summed E-state index contributed by atoms with van der Waals surface area (Å²) in [6.07, 6.45) is 3.62. The number of hydrogen-bond donors (Lipinski definition) is 2. The first-order valence-corrected chi connectivity index (χ1v) is 7.13. The highest BCUT2D eigenvalue weighted by Gasteiger charge is 2.04. The average molecular weight is 292 g/mol. The third-order valence-electron chi connectivity index (χ3n) is 3.69. The van der Waals surface area contributed by atoms with Crippen molar-refractivity contribution in [1.82, 2.24) is 10.5 Å². The van der Waals surface area contributed by atoms with E-state index >= 15 is 0 Å². The summed E-state index contributed by atoms with van der Waals surface area (Å²) < 4.78 is 0. The second-order valence-corrected chi connectivity index (χ2v) is 5.17. The van der Waals surface area contributed by atoms with Crippen molar-refractivity contribution < 1.29 is 10.0 Å². The zero-order valence-electron chi connectivity index (χ0n) is 12.0. The van der Waals surface area contributed by atoms with Gasteiger partial charge in [0.05, 0.1) is 5.52 Å². The van der Waals surface area contributed by atoms with Gasteiger partial charge in [0, 0.05) is 17.1 Å². The Labute approximate surface area is 128 Å². The van der Waals surface area contributed by atoms with E-state index in [1.54, 1.807) is 23.8 Å². The van der Waals surface area contributed by atoms with E-state index in [0.717, 1.165) is 29.3 Å². The molecule has 2 aromatic carbocycles. The Bertz CT molecular complexity index is 798. The van der Waals surface area contributed by atoms with Gasteiger partial charge in [0.25, 0.3) is 5.91 Å². The Morgan fingerprint density at radius 3 is 2.50 bits per heavy atom. The fraction of sp³-hybridized carbons (Fsp3) is 0.111. The first-order chi connectivity index (χ1) is 10.8. The quantitative estimate of drug-likeness (QED) is 0.573. The van der Waals surface area contributed by atoms with Crippen molar-refractivity contribution >= 4 is 16.8 Å². The number of aromatic nitrogens is 1. The number of nitrogens with one attached hydrogen (secondary N) is 1. The molecule has 1 heterocycles. The molecule has 0 unspecified atom stereocenters. The van der Waals surface area contributed by atoms with Crippen LogP contribution in [0.3, 0.4) is 0 Å². The van der Waals surface area contributed by atoms with Crippen LogP contribution in [0.5, 0.6) is 0 Å². The fourth-order valence-electron chi connectivity index (χ4n) is 2.46. The van der Waals surface area contributed by atoms with Gasteiger partial charge in [-0.25, -0.2) is 5.48 Å². The molecule has 3 rings (SSSR count). The number of carbonyl (C=O) groups excluding carboxylic acids is 1. The second kappa shape index (κ2) is 6.37. The second-order valence-electron chi connectivity index (χ2n) is 5.17. The van der Waals surface area contributed by atoms with Crippen LogP contribution in [-0.2, 0) is 12.8 Å². The summed E-state index contributed by atoms with van der Waals surface area (Å²) in [6, 6.07) is 17.6. The molecule has 1 amide bonds. The number of pyridine rings is 1. The van der Waals surface area contributed by atoms with Crippen molar-refractivity contribution in [2.24, 2.45) is 0 Å². The predicted molar refractivity (Wildman–Crippen MR) is 84.8 cm³/mol. The molecule has 0 atom stereocenters. The summed E-state index contributed by atoms with van der Waals surface area (Å²) in [5.74, 6) is -0.492. The summed E-state index contributed by atoms with van der Waals surface area (Å²) in [5.41, 5.74) is 5.50. The number of hydrogen-bond acceptors (Lipinski definition) is 3. The summed E-state index contributed by atoms with van der Waals surface area (Å²) in [7, 11) is 0. The van der Waals surface area contributed by atoms with Crippen LogP contribution in [0.1, 0.15) is 21.5 Å². The minimum Gasteiger partial charge on any atom is -0.288 e. The Hall–Kier alpha value is -2.72. The van der Waals surface area contributed by atoms with Gasteiger partial charge in [0.2, 0.25) is 0 Å². The molecule has 0 aliphatic carbocycles. The third-order valence-corrected chi connectivity index (χ3v) is 3.69. The third kappa shape index (κ3) is 3.13. The average Bonchev–Trinajstić information content (AvgIpc) is 2.59. The minimum absolute atomic E-state index is 0.447.